The number of carbonyl (C=O) groups excluding carboxylic acids is 1. The number of nitrogens with zero attached hydrogens (tertiary/aromatic N) is 3. The third-order valence-electron chi connectivity index (χ3n) is 3.46. The van der Waals surface area contributed by atoms with Crippen LogP contribution in [0.2, 0.25) is 5.15 Å². The number of halogens is 1. The van der Waals surface area contributed by atoms with E-state index in [1.165, 1.54) is 0 Å². The second-order valence-electron chi connectivity index (χ2n) is 5.02. The molecule has 0 radical (unpaired) electrons. The lowest BCUT2D eigenvalue weighted by molar-refractivity contribution is -0.132. The summed E-state index contributed by atoms with van der Waals surface area (Å²) in [4.78, 5) is 18.2. The average molecular weight is 306 g/mol. The second kappa shape index (κ2) is 5.87. The van der Waals surface area contributed by atoms with E-state index in [1.54, 1.807) is 17.1 Å². The molecule has 110 valence electrons. The molecule has 3 rings (SSSR count). The largest absolute Gasteiger partial charge is 0.375 e. The number of amides is 1. The number of carbonyl (C=O) groups is 1. The Morgan fingerprint density at radius 2 is 2.38 bits per heavy atom. The van der Waals surface area contributed by atoms with Crippen LogP contribution in [0.25, 0.3) is 11.7 Å². The van der Waals surface area contributed by atoms with Crippen molar-refractivity contribution in [2.24, 2.45) is 0 Å². The number of imidazole rings is 1. The van der Waals surface area contributed by atoms with Gasteiger partial charge in [-0.1, -0.05) is 17.7 Å². The molecule has 0 spiro atoms. The number of hydrogen-bond donors (Lipinski definition) is 0. The topological polar surface area (TPSA) is 46.8 Å². The van der Waals surface area contributed by atoms with Gasteiger partial charge in [-0.25, -0.2) is 4.98 Å². The predicted octanol–water partition coefficient (Wildman–Crippen LogP) is 2.25. The lowest BCUT2D eigenvalue weighted by Crippen LogP contribution is -2.43. The van der Waals surface area contributed by atoms with Crippen molar-refractivity contribution in [1.29, 1.82) is 0 Å². The second-order valence-corrected chi connectivity index (χ2v) is 5.37. The fraction of sp³-hybridized carbons (Fsp3) is 0.333. The van der Waals surface area contributed by atoms with Crippen LogP contribution in [0, 0.1) is 0 Å². The highest BCUT2D eigenvalue weighted by atomic mass is 35.5. The molecule has 2 aromatic heterocycles. The van der Waals surface area contributed by atoms with E-state index in [1.807, 2.05) is 35.7 Å². The molecule has 0 saturated carbocycles. The van der Waals surface area contributed by atoms with Gasteiger partial charge < -0.3 is 9.64 Å². The highest BCUT2D eigenvalue weighted by Gasteiger charge is 2.19. The molecular weight excluding hydrogens is 290 g/mol. The fourth-order valence-electron chi connectivity index (χ4n) is 2.41. The SMILES string of the molecule is CC1CN(C(=O)/C=C/c2c(Cl)nc3ccccn23)CCO1. The molecule has 1 amide bonds. The standard InChI is InChI=1S/C15H16ClN3O2/c1-11-10-18(8-9-21-11)14(20)6-5-12-15(16)17-13-4-2-3-7-19(12)13/h2-7,11H,8-10H2,1H3/b6-5+. The van der Waals surface area contributed by atoms with Gasteiger partial charge in [0.2, 0.25) is 5.91 Å². The quantitative estimate of drug-likeness (QED) is 0.800. The van der Waals surface area contributed by atoms with Gasteiger partial charge in [0.25, 0.3) is 0 Å². The molecule has 1 saturated heterocycles. The number of fused-ring (bicyclic) bond motifs is 1. The zero-order valence-electron chi connectivity index (χ0n) is 11.7. The molecule has 0 bridgehead atoms. The molecule has 1 atom stereocenters. The summed E-state index contributed by atoms with van der Waals surface area (Å²) in [5.41, 5.74) is 1.47. The minimum atomic E-state index is -0.0351. The normalized spacial score (nSPS) is 19.5. The zero-order chi connectivity index (χ0) is 14.8. The Hall–Kier alpha value is -1.85. The Kier molecular flexibility index (Phi) is 3.94. The van der Waals surface area contributed by atoms with E-state index in [2.05, 4.69) is 4.98 Å². The minimum absolute atomic E-state index is 0.0351. The summed E-state index contributed by atoms with van der Waals surface area (Å²) in [5, 5.41) is 0.389. The molecule has 1 aliphatic heterocycles. The summed E-state index contributed by atoms with van der Waals surface area (Å²) in [6, 6.07) is 5.66. The summed E-state index contributed by atoms with van der Waals surface area (Å²) in [6.07, 6.45) is 5.20. The molecule has 2 aromatic rings. The maximum absolute atomic E-state index is 12.2. The number of hydrogen-bond acceptors (Lipinski definition) is 3. The van der Waals surface area contributed by atoms with E-state index in [4.69, 9.17) is 16.3 Å². The summed E-state index contributed by atoms with van der Waals surface area (Å²) < 4.78 is 7.29. The van der Waals surface area contributed by atoms with Crippen molar-refractivity contribution in [3.8, 4) is 0 Å². The van der Waals surface area contributed by atoms with E-state index in [0.29, 0.717) is 30.5 Å². The van der Waals surface area contributed by atoms with Gasteiger partial charge in [0, 0.05) is 25.4 Å². The molecule has 1 fully saturated rings. The first-order valence-electron chi connectivity index (χ1n) is 6.86. The van der Waals surface area contributed by atoms with Crippen LogP contribution in [0.15, 0.2) is 30.5 Å². The lowest BCUT2D eigenvalue weighted by Gasteiger charge is -2.30. The van der Waals surface area contributed by atoms with Crippen LogP contribution < -0.4 is 0 Å². The first-order valence-corrected chi connectivity index (χ1v) is 7.24. The Bertz CT molecular complexity index is 695. The molecule has 3 heterocycles. The fourth-order valence-corrected chi connectivity index (χ4v) is 2.65. The van der Waals surface area contributed by atoms with E-state index >= 15 is 0 Å². The van der Waals surface area contributed by atoms with Gasteiger partial charge in [-0.05, 0) is 25.1 Å². The maximum Gasteiger partial charge on any atom is 0.246 e. The molecule has 6 heteroatoms. The molecule has 1 aliphatic rings. The molecule has 0 aliphatic carbocycles. The van der Waals surface area contributed by atoms with Gasteiger partial charge in [0.15, 0.2) is 5.15 Å². The molecule has 1 unspecified atom stereocenters. The van der Waals surface area contributed by atoms with Crippen LogP contribution in [-0.2, 0) is 9.53 Å². The number of pyridine rings is 1. The molecular formula is C15H16ClN3O2. The van der Waals surface area contributed by atoms with E-state index in [0.717, 1.165) is 5.65 Å². The van der Waals surface area contributed by atoms with Gasteiger partial charge >= 0.3 is 0 Å². The van der Waals surface area contributed by atoms with Crippen LogP contribution in [0.5, 0.6) is 0 Å². The van der Waals surface area contributed by atoms with Gasteiger partial charge in [-0.2, -0.15) is 0 Å². The molecule has 21 heavy (non-hydrogen) atoms. The number of morpholine rings is 1. The van der Waals surface area contributed by atoms with Crippen molar-refractivity contribution < 1.29 is 9.53 Å². The molecule has 0 aromatic carbocycles. The summed E-state index contributed by atoms with van der Waals surface area (Å²) in [7, 11) is 0. The number of rotatable bonds is 2. The Labute approximate surface area is 127 Å². The van der Waals surface area contributed by atoms with Crippen molar-refractivity contribution in [2.45, 2.75) is 13.0 Å². The van der Waals surface area contributed by atoms with Gasteiger partial charge in [0.1, 0.15) is 5.65 Å². The Morgan fingerprint density at radius 3 is 3.19 bits per heavy atom. The van der Waals surface area contributed by atoms with Gasteiger partial charge in [0.05, 0.1) is 18.4 Å². The van der Waals surface area contributed by atoms with E-state index in [-0.39, 0.29) is 12.0 Å². The smallest absolute Gasteiger partial charge is 0.246 e. The third kappa shape index (κ3) is 2.94. The summed E-state index contributed by atoms with van der Waals surface area (Å²) in [5.74, 6) is -0.0351. The minimum Gasteiger partial charge on any atom is -0.375 e. The average Bonchev–Trinajstić information content (AvgIpc) is 2.80. The first-order chi connectivity index (χ1) is 10.1. The lowest BCUT2D eigenvalue weighted by atomic mass is 10.3. The Morgan fingerprint density at radius 1 is 1.52 bits per heavy atom. The summed E-state index contributed by atoms with van der Waals surface area (Å²) >= 11 is 6.13. The highest BCUT2D eigenvalue weighted by Crippen LogP contribution is 2.19. The van der Waals surface area contributed by atoms with Crippen LogP contribution >= 0.6 is 11.6 Å². The van der Waals surface area contributed by atoms with Crippen LogP contribution in [0.4, 0.5) is 0 Å². The van der Waals surface area contributed by atoms with Crippen molar-refractivity contribution in [3.05, 3.63) is 41.3 Å². The predicted molar refractivity (Wildman–Crippen MR) is 81.2 cm³/mol. The van der Waals surface area contributed by atoms with Crippen LogP contribution in [-0.4, -0.2) is 46.0 Å². The van der Waals surface area contributed by atoms with Crippen molar-refractivity contribution in [1.82, 2.24) is 14.3 Å². The third-order valence-corrected chi connectivity index (χ3v) is 3.74. The van der Waals surface area contributed by atoms with Gasteiger partial charge in [-0.15, -0.1) is 0 Å². The monoisotopic (exact) mass is 305 g/mol. The van der Waals surface area contributed by atoms with Crippen LogP contribution in [0.1, 0.15) is 12.6 Å². The van der Waals surface area contributed by atoms with E-state index < -0.39 is 0 Å². The van der Waals surface area contributed by atoms with Crippen molar-refractivity contribution in [3.63, 3.8) is 0 Å². The zero-order valence-corrected chi connectivity index (χ0v) is 12.5. The van der Waals surface area contributed by atoms with Crippen LogP contribution in [0.3, 0.4) is 0 Å². The molecule has 0 N–H and O–H groups in total. The number of aromatic nitrogens is 2. The summed E-state index contributed by atoms with van der Waals surface area (Å²) in [6.45, 7) is 3.78. The van der Waals surface area contributed by atoms with Gasteiger partial charge in [-0.3, -0.25) is 9.20 Å². The van der Waals surface area contributed by atoms with Crippen molar-refractivity contribution >= 4 is 29.2 Å². The van der Waals surface area contributed by atoms with Crippen molar-refractivity contribution in [2.75, 3.05) is 19.7 Å². The molecule has 5 nitrogen and oxygen atoms in total. The Balaban J connectivity index is 1.81. The number of ether oxygens (including phenoxy) is 1. The maximum atomic E-state index is 12.2. The van der Waals surface area contributed by atoms with E-state index in [9.17, 15) is 4.79 Å². The first kappa shape index (κ1) is 14.1. The highest BCUT2D eigenvalue weighted by molar-refractivity contribution is 6.31.